The van der Waals surface area contributed by atoms with E-state index in [1.54, 1.807) is 6.92 Å². The molecule has 1 heterocycles. The van der Waals surface area contributed by atoms with Crippen molar-refractivity contribution in [3.63, 3.8) is 0 Å². The molecule has 1 fully saturated rings. The quantitative estimate of drug-likeness (QED) is 0.742. The van der Waals surface area contributed by atoms with Crippen molar-refractivity contribution in [2.45, 2.75) is 32.6 Å². The third-order valence-electron chi connectivity index (χ3n) is 3.64. The molecule has 0 saturated carbocycles. The monoisotopic (exact) mass is 256 g/mol. The van der Waals surface area contributed by atoms with Gasteiger partial charge in [-0.3, -0.25) is 9.59 Å². The van der Waals surface area contributed by atoms with Crippen LogP contribution < -0.4 is 5.32 Å². The summed E-state index contributed by atoms with van der Waals surface area (Å²) in [5, 5.41) is 11.4. The standard InChI is InChI=1S/C13H24N2O3/c1-10(13(17)18)9-14-12(16)4-3-11-5-7-15(2)8-6-11/h10-11H,3-9H2,1-2H3,(H,14,16)(H,17,18). The predicted molar refractivity (Wildman–Crippen MR) is 69.3 cm³/mol. The minimum absolute atomic E-state index is 0.0259. The molecule has 0 bridgehead atoms. The van der Waals surface area contributed by atoms with Crippen LogP contribution in [0.15, 0.2) is 0 Å². The maximum Gasteiger partial charge on any atom is 0.308 e. The number of hydrogen-bond acceptors (Lipinski definition) is 3. The number of carboxylic acid groups (broad SMARTS) is 1. The Kier molecular flexibility index (Phi) is 6.12. The Labute approximate surface area is 109 Å². The summed E-state index contributed by atoms with van der Waals surface area (Å²) in [6.45, 7) is 4.05. The van der Waals surface area contributed by atoms with Crippen molar-refractivity contribution in [1.29, 1.82) is 0 Å². The highest BCUT2D eigenvalue weighted by molar-refractivity contribution is 5.77. The first-order valence-electron chi connectivity index (χ1n) is 6.67. The van der Waals surface area contributed by atoms with Crippen LogP contribution in [0.1, 0.15) is 32.6 Å². The van der Waals surface area contributed by atoms with Gasteiger partial charge in [0.1, 0.15) is 0 Å². The Bertz CT molecular complexity index is 286. The summed E-state index contributed by atoms with van der Waals surface area (Å²) >= 11 is 0. The maximum atomic E-state index is 11.6. The molecule has 1 aliphatic rings. The van der Waals surface area contributed by atoms with Crippen molar-refractivity contribution in [2.75, 3.05) is 26.7 Å². The molecule has 1 aliphatic heterocycles. The molecule has 5 heteroatoms. The van der Waals surface area contributed by atoms with Gasteiger partial charge in [-0.15, -0.1) is 0 Å². The zero-order valence-corrected chi connectivity index (χ0v) is 11.3. The van der Waals surface area contributed by atoms with Crippen LogP contribution in [-0.4, -0.2) is 48.6 Å². The lowest BCUT2D eigenvalue weighted by Gasteiger charge is -2.28. The second-order valence-electron chi connectivity index (χ2n) is 5.33. The number of amides is 1. The summed E-state index contributed by atoms with van der Waals surface area (Å²) in [6.07, 6.45) is 3.76. The van der Waals surface area contributed by atoms with Crippen molar-refractivity contribution in [3.8, 4) is 0 Å². The molecule has 0 aromatic carbocycles. The van der Waals surface area contributed by atoms with Crippen molar-refractivity contribution in [3.05, 3.63) is 0 Å². The minimum atomic E-state index is -0.870. The van der Waals surface area contributed by atoms with E-state index in [-0.39, 0.29) is 12.5 Å². The summed E-state index contributed by atoms with van der Waals surface area (Å²) < 4.78 is 0. The van der Waals surface area contributed by atoms with Crippen LogP contribution in [0.4, 0.5) is 0 Å². The van der Waals surface area contributed by atoms with Gasteiger partial charge in [0, 0.05) is 13.0 Å². The topological polar surface area (TPSA) is 69.6 Å². The third-order valence-corrected chi connectivity index (χ3v) is 3.64. The number of carbonyl (C=O) groups excluding carboxylic acids is 1. The molecule has 1 saturated heterocycles. The van der Waals surface area contributed by atoms with E-state index in [0.717, 1.165) is 32.4 Å². The first kappa shape index (κ1) is 15.0. The maximum absolute atomic E-state index is 11.6. The number of nitrogens with one attached hydrogen (secondary N) is 1. The van der Waals surface area contributed by atoms with Gasteiger partial charge < -0.3 is 15.3 Å². The summed E-state index contributed by atoms with van der Waals surface area (Å²) in [7, 11) is 2.12. The Hall–Kier alpha value is -1.10. The van der Waals surface area contributed by atoms with Gasteiger partial charge in [0.15, 0.2) is 0 Å². The normalized spacial score (nSPS) is 19.4. The average Bonchev–Trinajstić information content (AvgIpc) is 2.35. The van der Waals surface area contributed by atoms with Crippen molar-refractivity contribution in [1.82, 2.24) is 10.2 Å². The van der Waals surface area contributed by atoms with E-state index in [1.165, 1.54) is 0 Å². The second kappa shape index (κ2) is 7.36. The molecule has 0 aliphatic carbocycles. The molecule has 2 N–H and O–H groups in total. The fourth-order valence-electron chi connectivity index (χ4n) is 2.13. The summed E-state index contributed by atoms with van der Waals surface area (Å²) in [5.41, 5.74) is 0. The molecule has 1 unspecified atom stereocenters. The predicted octanol–water partition coefficient (Wildman–Crippen LogP) is 0.945. The fraction of sp³-hybridized carbons (Fsp3) is 0.846. The third kappa shape index (κ3) is 5.49. The molecule has 18 heavy (non-hydrogen) atoms. The molecule has 0 spiro atoms. The number of hydrogen-bond donors (Lipinski definition) is 2. The summed E-state index contributed by atoms with van der Waals surface area (Å²) in [5.74, 6) is -0.770. The largest absolute Gasteiger partial charge is 0.481 e. The van der Waals surface area contributed by atoms with Crippen molar-refractivity contribution in [2.24, 2.45) is 11.8 Å². The number of carboxylic acids is 1. The van der Waals surface area contributed by atoms with E-state index in [4.69, 9.17) is 5.11 Å². The Morgan fingerprint density at radius 3 is 2.56 bits per heavy atom. The van der Waals surface area contributed by atoms with Crippen LogP contribution in [-0.2, 0) is 9.59 Å². The van der Waals surface area contributed by atoms with Gasteiger partial charge in [-0.25, -0.2) is 0 Å². The second-order valence-corrected chi connectivity index (χ2v) is 5.33. The molecule has 0 radical (unpaired) electrons. The molecule has 1 atom stereocenters. The van der Waals surface area contributed by atoms with Gasteiger partial charge in [0.05, 0.1) is 5.92 Å². The molecular formula is C13H24N2O3. The van der Waals surface area contributed by atoms with Crippen molar-refractivity contribution >= 4 is 11.9 Å². The van der Waals surface area contributed by atoms with Crippen LogP contribution in [0.2, 0.25) is 0 Å². The highest BCUT2D eigenvalue weighted by Gasteiger charge is 2.18. The molecular weight excluding hydrogens is 232 g/mol. The smallest absolute Gasteiger partial charge is 0.308 e. The van der Waals surface area contributed by atoms with E-state index >= 15 is 0 Å². The van der Waals surface area contributed by atoms with Crippen LogP contribution in [0, 0.1) is 11.8 Å². The van der Waals surface area contributed by atoms with Crippen LogP contribution >= 0.6 is 0 Å². The van der Waals surface area contributed by atoms with Crippen LogP contribution in [0.5, 0.6) is 0 Å². The summed E-state index contributed by atoms with van der Waals surface area (Å²) in [4.78, 5) is 24.5. The van der Waals surface area contributed by atoms with Gasteiger partial charge in [0.2, 0.25) is 5.91 Å². The van der Waals surface area contributed by atoms with Crippen LogP contribution in [0.3, 0.4) is 0 Å². The van der Waals surface area contributed by atoms with Gasteiger partial charge in [0.25, 0.3) is 0 Å². The van der Waals surface area contributed by atoms with E-state index in [9.17, 15) is 9.59 Å². The van der Waals surface area contributed by atoms with E-state index in [2.05, 4.69) is 17.3 Å². The molecule has 104 valence electrons. The highest BCUT2D eigenvalue weighted by atomic mass is 16.4. The van der Waals surface area contributed by atoms with Gasteiger partial charge in [-0.1, -0.05) is 6.92 Å². The lowest BCUT2D eigenvalue weighted by Crippen LogP contribution is -2.33. The summed E-state index contributed by atoms with van der Waals surface area (Å²) in [6, 6.07) is 0. The average molecular weight is 256 g/mol. The zero-order valence-electron chi connectivity index (χ0n) is 11.3. The number of nitrogens with zero attached hydrogens (tertiary/aromatic N) is 1. The SMILES string of the molecule is CC(CNC(=O)CCC1CCN(C)CC1)C(=O)O. The highest BCUT2D eigenvalue weighted by Crippen LogP contribution is 2.20. The minimum Gasteiger partial charge on any atom is -0.481 e. The number of aliphatic carboxylic acids is 1. The Morgan fingerprint density at radius 2 is 2.00 bits per heavy atom. The number of likely N-dealkylation sites (tertiary alicyclic amines) is 1. The van der Waals surface area contributed by atoms with E-state index in [0.29, 0.717) is 12.3 Å². The van der Waals surface area contributed by atoms with Gasteiger partial charge in [-0.05, 0) is 45.3 Å². The lowest BCUT2D eigenvalue weighted by molar-refractivity contribution is -0.141. The molecule has 1 rings (SSSR count). The lowest BCUT2D eigenvalue weighted by atomic mass is 9.92. The molecule has 0 aromatic heterocycles. The first-order valence-corrected chi connectivity index (χ1v) is 6.67. The molecule has 5 nitrogen and oxygen atoms in total. The first-order chi connectivity index (χ1) is 8.49. The van der Waals surface area contributed by atoms with E-state index < -0.39 is 11.9 Å². The molecule has 1 amide bonds. The Balaban J connectivity index is 2.11. The van der Waals surface area contributed by atoms with Crippen molar-refractivity contribution < 1.29 is 14.7 Å². The molecule has 0 aromatic rings. The van der Waals surface area contributed by atoms with E-state index in [1.807, 2.05) is 0 Å². The van der Waals surface area contributed by atoms with Gasteiger partial charge >= 0.3 is 5.97 Å². The number of carbonyl (C=O) groups is 2. The number of piperidine rings is 1. The fourth-order valence-corrected chi connectivity index (χ4v) is 2.13. The van der Waals surface area contributed by atoms with Crippen LogP contribution in [0.25, 0.3) is 0 Å². The number of rotatable bonds is 6. The van der Waals surface area contributed by atoms with Gasteiger partial charge in [-0.2, -0.15) is 0 Å². The Morgan fingerprint density at radius 1 is 1.39 bits per heavy atom. The zero-order chi connectivity index (χ0) is 13.5.